The minimum absolute atomic E-state index is 0.543. The fraction of sp³-hybridized carbons (Fsp3) is 0.429. The molecule has 18 heavy (non-hydrogen) atoms. The Hall–Kier alpha value is -1.60. The summed E-state index contributed by atoms with van der Waals surface area (Å²) in [5.74, 6) is 1.15. The van der Waals surface area contributed by atoms with Gasteiger partial charge in [0.05, 0.1) is 22.7 Å². The highest BCUT2D eigenvalue weighted by Crippen LogP contribution is 2.20. The summed E-state index contributed by atoms with van der Waals surface area (Å²) in [6.07, 6.45) is 0. The smallest absolute Gasteiger partial charge is 0.178 e. The van der Waals surface area contributed by atoms with Crippen LogP contribution >= 0.6 is 12.2 Å². The van der Waals surface area contributed by atoms with Crippen molar-refractivity contribution in [1.29, 1.82) is 5.26 Å². The van der Waals surface area contributed by atoms with Crippen molar-refractivity contribution in [3.05, 3.63) is 28.5 Å². The molecule has 2 aromatic rings. The van der Waals surface area contributed by atoms with Crippen LogP contribution in [0.1, 0.15) is 26.3 Å². The van der Waals surface area contributed by atoms with E-state index in [1.165, 1.54) is 0 Å². The number of nitrogens with one attached hydrogen (secondary N) is 1. The normalized spacial score (nSPS) is 12.8. The topological polar surface area (TPSA) is 44.5 Å². The Morgan fingerprint density at radius 1 is 1.39 bits per heavy atom. The van der Waals surface area contributed by atoms with Crippen molar-refractivity contribution in [3.63, 3.8) is 0 Å². The molecule has 4 heteroatoms. The predicted octanol–water partition coefficient (Wildman–Crippen LogP) is 3.86. The predicted molar refractivity (Wildman–Crippen MR) is 75.8 cm³/mol. The fourth-order valence-electron chi connectivity index (χ4n) is 1.90. The molecule has 0 aliphatic rings. The number of imidazole rings is 1. The lowest BCUT2D eigenvalue weighted by atomic mass is 9.98. The highest BCUT2D eigenvalue weighted by Gasteiger charge is 2.11. The first-order valence-electron chi connectivity index (χ1n) is 6.15. The van der Waals surface area contributed by atoms with Gasteiger partial charge < -0.3 is 9.55 Å². The molecule has 0 bridgehead atoms. The van der Waals surface area contributed by atoms with Crippen molar-refractivity contribution in [2.45, 2.75) is 27.3 Å². The summed E-state index contributed by atoms with van der Waals surface area (Å²) in [5.41, 5.74) is 2.68. The van der Waals surface area contributed by atoms with Crippen LogP contribution in [0.3, 0.4) is 0 Å². The summed E-state index contributed by atoms with van der Waals surface area (Å²) in [6.45, 7) is 7.53. The van der Waals surface area contributed by atoms with E-state index in [1.807, 2.05) is 18.2 Å². The van der Waals surface area contributed by atoms with Gasteiger partial charge in [0.1, 0.15) is 0 Å². The Bertz CT molecular complexity index is 658. The number of aromatic nitrogens is 2. The zero-order chi connectivity index (χ0) is 13.3. The largest absolute Gasteiger partial charge is 0.331 e. The number of fused-ring (bicyclic) bond motifs is 1. The molecule has 0 saturated carbocycles. The zero-order valence-corrected chi connectivity index (χ0v) is 11.7. The lowest BCUT2D eigenvalue weighted by Crippen LogP contribution is -2.13. The van der Waals surface area contributed by atoms with Gasteiger partial charge in [-0.1, -0.05) is 20.8 Å². The van der Waals surface area contributed by atoms with Gasteiger partial charge in [-0.3, -0.25) is 0 Å². The van der Waals surface area contributed by atoms with Crippen LogP contribution in [0.5, 0.6) is 0 Å². The van der Waals surface area contributed by atoms with Gasteiger partial charge in [-0.15, -0.1) is 0 Å². The van der Waals surface area contributed by atoms with Crippen LogP contribution in [-0.4, -0.2) is 9.55 Å². The maximum Gasteiger partial charge on any atom is 0.178 e. The highest BCUT2D eigenvalue weighted by atomic mass is 32.1. The van der Waals surface area contributed by atoms with E-state index in [0.717, 1.165) is 22.3 Å². The number of hydrogen-bond donors (Lipinski definition) is 1. The van der Waals surface area contributed by atoms with Gasteiger partial charge >= 0.3 is 0 Å². The van der Waals surface area contributed by atoms with E-state index in [2.05, 4.69) is 36.4 Å². The van der Waals surface area contributed by atoms with Crippen LogP contribution in [0, 0.1) is 27.9 Å². The molecule has 1 N–H and O–H groups in total. The second-order valence-electron chi connectivity index (χ2n) is 5.11. The molecule has 3 nitrogen and oxygen atoms in total. The molecule has 1 heterocycles. The van der Waals surface area contributed by atoms with E-state index in [0.29, 0.717) is 17.4 Å². The lowest BCUT2D eigenvalue weighted by molar-refractivity contribution is 0.367. The van der Waals surface area contributed by atoms with Gasteiger partial charge in [0.15, 0.2) is 4.77 Å². The molecule has 2 rings (SSSR count). The first-order chi connectivity index (χ1) is 8.52. The van der Waals surface area contributed by atoms with E-state index in [4.69, 9.17) is 17.5 Å². The average molecular weight is 259 g/mol. The monoisotopic (exact) mass is 259 g/mol. The molecule has 0 amide bonds. The summed E-state index contributed by atoms with van der Waals surface area (Å²) in [5, 5.41) is 8.97. The lowest BCUT2D eigenvalue weighted by Gasteiger charge is -2.16. The molecule has 0 aliphatic carbocycles. The maximum absolute atomic E-state index is 8.97. The van der Waals surface area contributed by atoms with Gasteiger partial charge in [-0.25, -0.2) is 0 Å². The number of H-pyrrole nitrogens is 1. The zero-order valence-electron chi connectivity index (χ0n) is 10.9. The Labute approximate surface area is 112 Å². The van der Waals surface area contributed by atoms with Gasteiger partial charge in [-0.2, -0.15) is 5.26 Å². The number of nitriles is 1. The SMILES string of the molecule is CC(C)C(C)Cn1c(=S)[nH]c2ccc(C#N)cc21. The van der Waals surface area contributed by atoms with Crippen molar-refractivity contribution in [3.8, 4) is 6.07 Å². The van der Waals surface area contributed by atoms with Crippen LogP contribution in [0.25, 0.3) is 11.0 Å². The standard InChI is InChI=1S/C14H17N3S/c1-9(2)10(3)8-17-13-6-11(7-15)4-5-12(13)16-14(17)18/h4-6,9-10H,8H2,1-3H3,(H,16,18). The van der Waals surface area contributed by atoms with Gasteiger partial charge in [0, 0.05) is 6.54 Å². The summed E-state index contributed by atoms with van der Waals surface area (Å²) < 4.78 is 2.82. The molecular formula is C14H17N3S. The Kier molecular flexibility index (Phi) is 3.53. The first kappa shape index (κ1) is 12.8. The fourth-order valence-corrected chi connectivity index (χ4v) is 2.19. The molecular weight excluding hydrogens is 242 g/mol. The van der Waals surface area contributed by atoms with E-state index in [-0.39, 0.29) is 0 Å². The molecule has 0 aliphatic heterocycles. The van der Waals surface area contributed by atoms with Crippen LogP contribution in [0.4, 0.5) is 0 Å². The van der Waals surface area contributed by atoms with Crippen molar-refractivity contribution in [1.82, 2.24) is 9.55 Å². The van der Waals surface area contributed by atoms with E-state index in [1.54, 1.807) is 0 Å². The van der Waals surface area contributed by atoms with Gasteiger partial charge in [-0.05, 0) is 42.3 Å². The molecule has 0 fully saturated rings. The summed E-state index contributed by atoms with van der Waals surface area (Å²) in [6, 6.07) is 7.79. The van der Waals surface area contributed by atoms with Crippen molar-refractivity contribution < 1.29 is 0 Å². The van der Waals surface area contributed by atoms with Gasteiger partial charge in [0.25, 0.3) is 0 Å². The molecule has 0 radical (unpaired) electrons. The summed E-state index contributed by atoms with van der Waals surface area (Å²) in [7, 11) is 0. The first-order valence-corrected chi connectivity index (χ1v) is 6.56. The molecule has 94 valence electrons. The third-order valence-electron chi connectivity index (χ3n) is 3.51. The minimum Gasteiger partial charge on any atom is -0.331 e. The van der Waals surface area contributed by atoms with E-state index in [9.17, 15) is 0 Å². The molecule has 1 aromatic carbocycles. The summed E-state index contributed by atoms with van der Waals surface area (Å²) in [4.78, 5) is 3.19. The number of hydrogen-bond acceptors (Lipinski definition) is 2. The average Bonchev–Trinajstić information content (AvgIpc) is 2.65. The van der Waals surface area contributed by atoms with Crippen molar-refractivity contribution in [2.75, 3.05) is 0 Å². The Morgan fingerprint density at radius 2 is 2.11 bits per heavy atom. The van der Waals surface area contributed by atoms with Crippen LogP contribution in [-0.2, 0) is 6.54 Å². The molecule has 1 unspecified atom stereocenters. The van der Waals surface area contributed by atoms with E-state index < -0.39 is 0 Å². The molecule has 1 atom stereocenters. The van der Waals surface area contributed by atoms with Crippen molar-refractivity contribution >= 4 is 23.3 Å². The quantitative estimate of drug-likeness (QED) is 0.851. The number of rotatable bonds is 3. The summed E-state index contributed by atoms with van der Waals surface area (Å²) >= 11 is 5.36. The second kappa shape index (κ2) is 4.95. The van der Waals surface area contributed by atoms with Crippen molar-refractivity contribution in [2.24, 2.45) is 11.8 Å². The second-order valence-corrected chi connectivity index (χ2v) is 5.49. The Morgan fingerprint density at radius 3 is 2.72 bits per heavy atom. The molecule has 1 aromatic heterocycles. The molecule has 0 saturated heterocycles. The number of nitrogens with zero attached hydrogens (tertiary/aromatic N) is 2. The minimum atomic E-state index is 0.543. The van der Waals surface area contributed by atoms with Crippen LogP contribution < -0.4 is 0 Å². The van der Waals surface area contributed by atoms with Gasteiger partial charge in [0.2, 0.25) is 0 Å². The van der Waals surface area contributed by atoms with Crippen LogP contribution in [0.15, 0.2) is 18.2 Å². The highest BCUT2D eigenvalue weighted by molar-refractivity contribution is 7.71. The third kappa shape index (κ3) is 2.32. The van der Waals surface area contributed by atoms with Crippen LogP contribution in [0.2, 0.25) is 0 Å². The third-order valence-corrected chi connectivity index (χ3v) is 3.84. The number of benzene rings is 1. The Balaban J connectivity index is 2.52. The maximum atomic E-state index is 8.97. The molecule has 0 spiro atoms. The number of aromatic amines is 1. The van der Waals surface area contributed by atoms with E-state index >= 15 is 0 Å².